The van der Waals surface area contributed by atoms with Gasteiger partial charge < -0.3 is 4.74 Å². The number of benzene rings is 1. The van der Waals surface area contributed by atoms with Gasteiger partial charge in [-0.3, -0.25) is 10.2 Å². The van der Waals surface area contributed by atoms with Crippen LogP contribution in [0, 0.1) is 0 Å². The van der Waals surface area contributed by atoms with Crippen molar-refractivity contribution in [3.05, 3.63) is 29.8 Å². The molecule has 0 saturated heterocycles. The van der Waals surface area contributed by atoms with Crippen LogP contribution in [-0.2, 0) is 4.79 Å². The van der Waals surface area contributed by atoms with Crippen LogP contribution in [0.1, 0.15) is 38.2 Å². The molecular weight excluding hydrogens is 216 g/mol. The van der Waals surface area contributed by atoms with Crippen molar-refractivity contribution in [2.45, 2.75) is 32.6 Å². The van der Waals surface area contributed by atoms with Gasteiger partial charge in [-0.15, -0.1) is 0 Å². The number of hydrogen-bond acceptors (Lipinski definition) is 3. The first-order valence-corrected chi connectivity index (χ1v) is 5.85. The number of amides is 1. The maximum atomic E-state index is 10.9. The molecule has 0 radical (unpaired) electrons. The molecule has 1 amide bonds. The largest absolute Gasteiger partial charge is 0.494 e. The minimum Gasteiger partial charge on any atom is -0.494 e. The van der Waals surface area contributed by atoms with Crippen LogP contribution in [0.5, 0.6) is 5.75 Å². The fraction of sp³-hybridized carbons (Fsp3) is 0.462. The summed E-state index contributed by atoms with van der Waals surface area (Å²) in [4.78, 5) is 10.9. The van der Waals surface area contributed by atoms with Gasteiger partial charge in [0.25, 0.3) is 0 Å². The lowest BCUT2D eigenvalue weighted by molar-refractivity contribution is -0.121. The van der Waals surface area contributed by atoms with Crippen molar-refractivity contribution < 1.29 is 9.53 Å². The van der Waals surface area contributed by atoms with Crippen molar-refractivity contribution in [2.24, 2.45) is 5.84 Å². The molecule has 1 aromatic rings. The lowest BCUT2D eigenvalue weighted by atomic mass is 10.0. The van der Waals surface area contributed by atoms with Gasteiger partial charge >= 0.3 is 0 Å². The molecule has 0 aliphatic carbocycles. The molecule has 94 valence electrons. The number of ether oxygens (including phenoxy) is 1. The molecule has 0 aromatic heterocycles. The van der Waals surface area contributed by atoms with Crippen molar-refractivity contribution in [1.82, 2.24) is 5.43 Å². The summed E-state index contributed by atoms with van der Waals surface area (Å²) in [5.74, 6) is 6.15. The highest BCUT2D eigenvalue weighted by atomic mass is 16.5. The van der Waals surface area contributed by atoms with Gasteiger partial charge in [0.05, 0.1) is 6.61 Å². The lowest BCUT2D eigenvalue weighted by Crippen LogP contribution is -2.29. The Hall–Kier alpha value is -1.55. The maximum Gasteiger partial charge on any atom is 0.234 e. The third-order valence-corrected chi connectivity index (χ3v) is 2.50. The fourth-order valence-electron chi connectivity index (χ4n) is 1.46. The van der Waals surface area contributed by atoms with Crippen LogP contribution in [0.25, 0.3) is 0 Å². The zero-order valence-electron chi connectivity index (χ0n) is 10.4. The number of nitrogens with one attached hydrogen (secondary N) is 1. The lowest BCUT2D eigenvalue weighted by Gasteiger charge is -2.09. The predicted molar refractivity (Wildman–Crippen MR) is 67.6 cm³/mol. The van der Waals surface area contributed by atoms with Gasteiger partial charge in [-0.25, -0.2) is 5.84 Å². The van der Waals surface area contributed by atoms with Crippen LogP contribution in [0.15, 0.2) is 24.3 Å². The number of nitrogens with two attached hydrogens (primary N) is 1. The van der Waals surface area contributed by atoms with Crippen molar-refractivity contribution in [2.75, 3.05) is 6.61 Å². The van der Waals surface area contributed by atoms with E-state index < -0.39 is 0 Å². The summed E-state index contributed by atoms with van der Waals surface area (Å²) in [6.07, 6.45) is 1.05. The summed E-state index contributed by atoms with van der Waals surface area (Å²) < 4.78 is 5.57. The summed E-state index contributed by atoms with van der Waals surface area (Å²) in [6.45, 7) is 4.81. The highest BCUT2D eigenvalue weighted by Gasteiger charge is 2.02. The van der Waals surface area contributed by atoms with Crippen LogP contribution in [0.3, 0.4) is 0 Å². The monoisotopic (exact) mass is 236 g/mol. The molecule has 0 spiro atoms. The zero-order chi connectivity index (χ0) is 12.7. The topological polar surface area (TPSA) is 64.3 Å². The highest BCUT2D eigenvalue weighted by Crippen LogP contribution is 2.20. The van der Waals surface area contributed by atoms with Gasteiger partial charge in [0.2, 0.25) is 5.91 Å². The van der Waals surface area contributed by atoms with Crippen molar-refractivity contribution in [3.8, 4) is 5.75 Å². The van der Waals surface area contributed by atoms with E-state index in [0.29, 0.717) is 25.4 Å². The average molecular weight is 236 g/mol. The highest BCUT2D eigenvalue weighted by molar-refractivity contribution is 5.75. The molecule has 0 atom stereocenters. The third-order valence-electron chi connectivity index (χ3n) is 2.50. The molecule has 4 heteroatoms. The fourth-order valence-corrected chi connectivity index (χ4v) is 1.46. The van der Waals surface area contributed by atoms with E-state index in [1.807, 2.05) is 18.2 Å². The summed E-state index contributed by atoms with van der Waals surface area (Å²) in [5.41, 5.74) is 3.35. The molecule has 0 unspecified atom stereocenters. The Kier molecular flexibility index (Phi) is 5.49. The van der Waals surface area contributed by atoms with Crippen LogP contribution in [0.2, 0.25) is 0 Å². The van der Waals surface area contributed by atoms with Gasteiger partial charge in [-0.2, -0.15) is 0 Å². The smallest absolute Gasteiger partial charge is 0.234 e. The average Bonchev–Trinajstić information content (AvgIpc) is 2.34. The number of rotatable bonds is 6. The molecule has 0 heterocycles. The first-order valence-electron chi connectivity index (χ1n) is 5.85. The Labute approximate surface area is 102 Å². The number of carbonyl (C=O) groups excluding carboxylic acids is 1. The third kappa shape index (κ3) is 4.87. The maximum absolute atomic E-state index is 10.9. The standard InChI is InChI=1S/C13H20N2O2/c1-10(2)11-5-3-6-12(9-11)17-8-4-7-13(16)15-14/h3,5-6,9-10H,4,7-8,14H2,1-2H3,(H,15,16). The summed E-state index contributed by atoms with van der Waals surface area (Å²) in [5, 5.41) is 0. The van der Waals surface area contributed by atoms with Gasteiger partial charge in [0.15, 0.2) is 0 Å². The minimum absolute atomic E-state index is 0.162. The second-order valence-corrected chi connectivity index (χ2v) is 4.25. The van der Waals surface area contributed by atoms with Crippen LogP contribution >= 0.6 is 0 Å². The number of hydrogen-bond donors (Lipinski definition) is 2. The molecule has 4 nitrogen and oxygen atoms in total. The Balaban J connectivity index is 2.36. The van der Waals surface area contributed by atoms with Gasteiger partial charge in [-0.1, -0.05) is 26.0 Å². The molecule has 1 rings (SSSR count). The van der Waals surface area contributed by atoms with Crippen LogP contribution in [0.4, 0.5) is 0 Å². The Morgan fingerprint density at radius 3 is 2.88 bits per heavy atom. The van der Waals surface area contributed by atoms with Crippen LogP contribution < -0.4 is 16.0 Å². The SMILES string of the molecule is CC(C)c1cccc(OCCCC(=O)NN)c1. The van der Waals surface area contributed by atoms with E-state index in [4.69, 9.17) is 10.6 Å². The van der Waals surface area contributed by atoms with Crippen LogP contribution in [-0.4, -0.2) is 12.5 Å². The molecule has 0 aliphatic rings. The van der Waals surface area contributed by atoms with Crippen molar-refractivity contribution >= 4 is 5.91 Å². The van der Waals surface area contributed by atoms with E-state index in [1.54, 1.807) is 0 Å². The van der Waals surface area contributed by atoms with Gasteiger partial charge in [-0.05, 0) is 30.0 Å². The molecule has 1 aromatic carbocycles. The first kappa shape index (κ1) is 13.5. The number of carbonyl (C=O) groups is 1. The Morgan fingerprint density at radius 1 is 1.47 bits per heavy atom. The van der Waals surface area contributed by atoms with E-state index in [1.165, 1.54) is 5.56 Å². The molecule has 3 N–H and O–H groups in total. The summed E-state index contributed by atoms with van der Waals surface area (Å²) in [6, 6.07) is 8.03. The summed E-state index contributed by atoms with van der Waals surface area (Å²) >= 11 is 0. The molecule has 0 aliphatic heterocycles. The van der Waals surface area contributed by atoms with E-state index in [0.717, 1.165) is 5.75 Å². The number of hydrazine groups is 1. The van der Waals surface area contributed by atoms with E-state index in [-0.39, 0.29) is 5.91 Å². The van der Waals surface area contributed by atoms with Crippen molar-refractivity contribution in [1.29, 1.82) is 0 Å². The first-order chi connectivity index (χ1) is 8.13. The van der Waals surface area contributed by atoms with E-state index >= 15 is 0 Å². The molecule has 17 heavy (non-hydrogen) atoms. The quantitative estimate of drug-likeness (QED) is 0.343. The van der Waals surface area contributed by atoms with Gasteiger partial charge in [0.1, 0.15) is 5.75 Å². The van der Waals surface area contributed by atoms with Crippen molar-refractivity contribution in [3.63, 3.8) is 0 Å². The molecule has 0 fully saturated rings. The normalized spacial score (nSPS) is 10.4. The minimum atomic E-state index is -0.162. The predicted octanol–water partition coefficient (Wildman–Crippen LogP) is 1.96. The Morgan fingerprint density at radius 2 is 2.24 bits per heavy atom. The van der Waals surface area contributed by atoms with Gasteiger partial charge in [0, 0.05) is 6.42 Å². The zero-order valence-corrected chi connectivity index (χ0v) is 10.4. The summed E-state index contributed by atoms with van der Waals surface area (Å²) in [7, 11) is 0. The van der Waals surface area contributed by atoms with E-state index in [2.05, 4.69) is 25.3 Å². The molecule has 0 bridgehead atoms. The second kappa shape index (κ2) is 6.91. The Bertz CT molecular complexity index is 364. The van der Waals surface area contributed by atoms with E-state index in [9.17, 15) is 4.79 Å². The second-order valence-electron chi connectivity index (χ2n) is 4.25. The molecule has 0 saturated carbocycles. The molecular formula is C13H20N2O2.